The van der Waals surface area contributed by atoms with Gasteiger partial charge in [0, 0.05) is 45.6 Å². The molecule has 3 heteroatoms. The summed E-state index contributed by atoms with van der Waals surface area (Å²) in [5.41, 5.74) is 17.5. The Bertz CT molecular complexity index is 2210. The van der Waals surface area contributed by atoms with Crippen molar-refractivity contribution in [3.63, 3.8) is 0 Å². The predicted octanol–water partition coefficient (Wildman–Crippen LogP) is 9.03. The second-order valence-electron chi connectivity index (χ2n) is 11.4. The molecule has 0 fully saturated rings. The molecule has 1 aliphatic carbocycles. The van der Waals surface area contributed by atoms with Gasteiger partial charge in [0.15, 0.2) is 0 Å². The van der Waals surface area contributed by atoms with Crippen molar-refractivity contribution in [2.45, 2.75) is 31.3 Å². The zero-order chi connectivity index (χ0) is 26.4. The molecular formula is C37H29N3. The van der Waals surface area contributed by atoms with Crippen molar-refractivity contribution in [2.24, 2.45) is 5.73 Å². The first-order valence-electron chi connectivity index (χ1n) is 14.4. The SMILES string of the molecule is NCc1ccc(-c2ccc3c(c2)c2ccccc2n2c4ccccc4c4ccc5c(c42)n3C2CCC=CC52)cc1. The molecule has 0 spiro atoms. The molecule has 192 valence electrons. The van der Waals surface area contributed by atoms with Crippen LogP contribution in [0.15, 0.2) is 115 Å². The molecule has 0 amide bonds. The van der Waals surface area contributed by atoms with Gasteiger partial charge < -0.3 is 14.7 Å². The summed E-state index contributed by atoms with van der Waals surface area (Å²) >= 11 is 0. The third kappa shape index (κ3) is 2.88. The second kappa shape index (κ2) is 8.20. The lowest BCUT2D eigenvalue weighted by atomic mass is 9.87. The highest BCUT2D eigenvalue weighted by molar-refractivity contribution is 6.18. The van der Waals surface area contributed by atoms with Crippen LogP contribution in [0.3, 0.4) is 0 Å². The van der Waals surface area contributed by atoms with Gasteiger partial charge in [-0.15, -0.1) is 0 Å². The Morgan fingerprint density at radius 1 is 0.650 bits per heavy atom. The van der Waals surface area contributed by atoms with Crippen molar-refractivity contribution in [3.8, 4) is 11.1 Å². The molecule has 0 saturated heterocycles. The zero-order valence-corrected chi connectivity index (χ0v) is 22.2. The fraction of sp³-hybridized carbons (Fsp3) is 0.135. The third-order valence-corrected chi connectivity index (χ3v) is 9.37. The van der Waals surface area contributed by atoms with Crippen molar-refractivity contribution < 1.29 is 0 Å². The summed E-state index contributed by atoms with van der Waals surface area (Å²) in [5.74, 6) is 0.400. The van der Waals surface area contributed by atoms with Crippen LogP contribution in [0.5, 0.6) is 0 Å². The molecule has 1 aliphatic heterocycles. The predicted molar refractivity (Wildman–Crippen MR) is 168 cm³/mol. The highest BCUT2D eigenvalue weighted by Gasteiger charge is 2.35. The minimum atomic E-state index is 0.400. The third-order valence-electron chi connectivity index (χ3n) is 9.37. The van der Waals surface area contributed by atoms with E-state index in [0.29, 0.717) is 18.5 Å². The molecule has 2 N–H and O–H groups in total. The van der Waals surface area contributed by atoms with Crippen molar-refractivity contribution in [3.05, 3.63) is 126 Å². The van der Waals surface area contributed by atoms with Crippen LogP contribution in [0.1, 0.15) is 35.9 Å². The molecule has 7 aromatic rings. The van der Waals surface area contributed by atoms with E-state index in [1.807, 2.05) is 0 Å². The number of allylic oxidation sites excluding steroid dienone is 2. The minimum absolute atomic E-state index is 0.400. The Hall–Kier alpha value is -4.60. The quantitative estimate of drug-likeness (QED) is 0.229. The molecule has 2 aliphatic rings. The molecule has 9 rings (SSSR count). The van der Waals surface area contributed by atoms with E-state index in [9.17, 15) is 0 Å². The maximum atomic E-state index is 5.89. The van der Waals surface area contributed by atoms with E-state index < -0.39 is 0 Å². The topological polar surface area (TPSA) is 35.4 Å². The smallest absolute Gasteiger partial charge is 0.0782 e. The van der Waals surface area contributed by atoms with E-state index in [1.54, 1.807) is 0 Å². The Labute approximate surface area is 232 Å². The Morgan fingerprint density at radius 2 is 1.38 bits per heavy atom. The molecule has 3 nitrogen and oxygen atoms in total. The molecule has 2 aromatic heterocycles. The average molecular weight is 516 g/mol. The van der Waals surface area contributed by atoms with Gasteiger partial charge in [-0.3, -0.25) is 0 Å². The number of aromatic nitrogens is 2. The number of para-hydroxylation sites is 2. The number of nitrogens with zero attached hydrogens (tertiary/aromatic N) is 2. The lowest BCUT2D eigenvalue weighted by molar-refractivity contribution is 0.461. The van der Waals surface area contributed by atoms with Crippen LogP contribution in [-0.4, -0.2) is 8.97 Å². The van der Waals surface area contributed by atoms with Gasteiger partial charge in [0.25, 0.3) is 0 Å². The second-order valence-corrected chi connectivity index (χ2v) is 11.4. The maximum Gasteiger partial charge on any atom is 0.0782 e. The van der Waals surface area contributed by atoms with Crippen LogP contribution in [0.2, 0.25) is 0 Å². The lowest BCUT2D eigenvalue weighted by Crippen LogP contribution is -2.13. The van der Waals surface area contributed by atoms with Gasteiger partial charge in [0.2, 0.25) is 0 Å². The Morgan fingerprint density at radius 3 is 2.15 bits per heavy atom. The normalized spacial score (nSPS) is 17.9. The van der Waals surface area contributed by atoms with E-state index in [1.165, 1.54) is 65.8 Å². The van der Waals surface area contributed by atoms with Gasteiger partial charge in [-0.2, -0.15) is 0 Å². The molecule has 0 radical (unpaired) electrons. The van der Waals surface area contributed by atoms with Crippen molar-refractivity contribution in [1.29, 1.82) is 0 Å². The maximum absolute atomic E-state index is 5.89. The summed E-state index contributed by atoms with van der Waals surface area (Å²) in [5, 5.41) is 5.20. The molecule has 0 bridgehead atoms. The number of benzene rings is 5. The fourth-order valence-corrected chi connectivity index (χ4v) is 7.58. The first kappa shape index (κ1) is 22.2. The molecular weight excluding hydrogens is 486 g/mol. The van der Waals surface area contributed by atoms with Gasteiger partial charge in [0.05, 0.1) is 22.1 Å². The van der Waals surface area contributed by atoms with Crippen LogP contribution in [-0.2, 0) is 6.54 Å². The Balaban J connectivity index is 1.54. The zero-order valence-electron chi connectivity index (χ0n) is 22.2. The summed E-state index contributed by atoms with van der Waals surface area (Å²) in [6.07, 6.45) is 7.12. The summed E-state index contributed by atoms with van der Waals surface area (Å²) in [7, 11) is 0. The summed E-state index contributed by atoms with van der Waals surface area (Å²) in [4.78, 5) is 0. The fourth-order valence-electron chi connectivity index (χ4n) is 7.58. The number of nitrogens with two attached hydrogens (primary N) is 1. The lowest BCUT2D eigenvalue weighted by Gasteiger charge is -2.25. The van der Waals surface area contributed by atoms with Gasteiger partial charge in [-0.25, -0.2) is 0 Å². The van der Waals surface area contributed by atoms with Gasteiger partial charge in [-0.05, 0) is 59.4 Å². The largest absolute Gasteiger partial charge is 0.335 e. The molecule has 5 aromatic carbocycles. The van der Waals surface area contributed by atoms with E-state index >= 15 is 0 Å². The van der Waals surface area contributed by atoms with E-state index in [-0.39, 0.29) is 0 Å². The van der Waals surface area contributed by atoms with Crippen LogP contribution in [0.25, 0.3) is 60.3 Å². The highest BCUT2D eigenvalue weighted by Crippen LogP contribution is 2.50. The standard InChI is InChI=1S/C37H29N3/c38-22-23-13-15-24(16-14-23)25-17-20-35-31(21-25)28-9-3-6-12-34(28)39-32-10-4-1-7-26(32)29-18-19-30-27-8-2-5-11-33(27)40(35)37(30)36(29)39/h1-4,6-10,12-21,27,33H,5,11,22,38H2. The van der Waals surface area contributed by atoms with Crippen LogP contribution < -0.4 is 5.73 Å². The highest BCUT2D eigenvalue weighted by atomic mass is 15.1. The first-order valence-corrected chi connectivity index (χ1v) is 14.4. The number of fused-ring (bicyclic) bond motifs is 11. The molecule has 40 heavy (non-hydrogen) atoms. The molecule has 3 heterocycles. The minimum Gasteiger partial charge on any atom is -0.335 e. The van der Waals surface area contributed by atoms with E-state index in [2.05, 4.69) is 124 Å². The van der Waals surface area contributed by atoms with E-state index in [0.717, 1.165) is 18.4 Å². The van der Waals surface area contributed by atoms with Gasteiger partial charge in [-0.1, -0.05) is 91.0 Å². The number of hydrogen-bond acceptors (Lipinski definition) is 1. The monoisotopic (exact) mass is 515 g/mol. The first-order chi connectivity index (χ1) is 19.8. The molecule has 0 saturated carbocycles. The van der Waals surface area contributed by atoms with Gasteiger partial charge >= 0.3 is 0 Å². The van der Waals surface area contributed by atoms with Gasteiger partial charge in [0.1, 0.15) is 0 Å². The summed E-state index contributed by atoms with van der Waals surface area (Å²) in [6, 6.07) is 38.8. The van der Waals surface area contributed by atoms with Crippen molar-refractivity contribution >= 4 is 49.1 Å². The van der Waals surface area contributed by atoms with Crippen LogP contribution in [0, 0.1) is 0 Å². The van der Waals surface area contributed by atoms with Crippen molar-refractivity contribution in [1.82, 2.24) is 8.97 Å². The average Bonchev–Trinajstić information content (AvgIpc) is 3.53. The van der Waals surface area contributed by atoms with Crippen molar-refractivity contribution in [2.75, 3.05) is 0 Å². The molecule has 2 atom stereocenters. The van der Waals surface area contributed by atoms with Crippen LogP contribution >= 0.6 is 0 Å². The molecule has 2 unspecified atom stereocenters. The summed E-state index contributed by atoms with van der Waals surface area (Å²) < 4.78 is 5.24. The van der Waals surface area contributed by atoms with Crippen LogP contribution in [0.4, 0.5) is 0 Å². The Kier molecular flexibility index (Phi) is 4.56. The van der Waals surface area contributed by atoms with E-state index in [4.69, 9.17) is 5.73 Å². The summed E-state index contributed by atoms with van der Waals surface area (Å²) in [6.45, 7) is 0.560. The number of hydrogen-bond donors (Lipinski definition) is 1. The number of rotatable bonds is 2.